The predicted molar refractivity (Wildman–Crippen MR) is 217 cm³/mol. The first-order chi connectivity index (χ1) is 25.0. The summed E-state index contributed by atoms with van der Waals surface area (Å²) in [6.45, 7) is 18.0. The number of aromatic hydroxyl groups is 1. The van der Waals surface area contributed by atoms with Gasteiger partial charge in [-0.05, 0) is 87.4 Å². The summed E-state index contributed by atoms with van der Waals surface area (Å²) in [5, 5.41) is 11.1. The van der Waals surface area contributed by atoms with Gasteiger partial charge in [0.2, 0.25) is 0 Å². The summed E-state index contributed by atoms with van der Waals surface area (Å²) >= 11 is 0. The SMILES string of the molecule is CC(C)c1cc(-c2ccc(O)c(-c3cccc(-c4[c-]c(-c5nc6ccccc6n5-c5c(C(C)C)cccc5C(C)C)ccc4)n3)c2)cc(C(C)C)c1.[Pt]. The number of hydrogen-bond donors (Lipinski definition) is 1. The number of hydrogen-bond acceptors (Lipinski definition) is 3. The Morgan fingerprint density at radius 3 is 1.81 bits per heavy atom. The summed E-state index contributed by atoms with van der Waals surface area (Å²) in [6, 6.07) is 43.6. The van der Waals surface area contributed by atoms with Gasteiger partial charge in [0.25, 0.3) is 0 Å². The van der Waals surface area contributed by atoms with E-state index in [2.05, 4.69) is 139 Å². The van der Waals surface area contributed by atoms with E-state index < -0.39 is 0 Å². The average molecular weight is 878 g/mol. The van der Waals surface area contributed by atoms with Crippen LogP contribution in [0, 0.1) is 6.07 Å². The van der Waals surface area contributed by atoms with Crippen molar-refractivity contribution >= 4 is 11.0 Å². The molecule has 0 spiro atoms. The van der Waals surface area contributed by atoms with Crippen LogP contribution < -0.4 is 0 Å². The molecule has 0 aliphatic rings. The zero-order chi connectivity index (χ0) is 36.7. The quantitative estimate of drug-likeness (QED) is 0.147. The number of phenolic OH excluding ortho intramolecular Hbond substituents is 1. The first-order valence-electron chi connectivity index (χ1n) is 18.6. The Bertz CT molecular complexity index is 2350. The van der Waals surface area contributed by atoms with Gasteiger partial charge in [-0.25, -0.2) is 0 Å². The fraction of sp³-hybridized carbons (Fsp3) is 0.250. The minimum atomic E-state index is 0. The van der Waals surface area contributed by atoms with Gasteiger partial charge in [0.1, 0.15) is 5.75 Å². The van der Waals surface area contributed by atoms with Crippen molar-refractivity contribution in [3.8, 4) is 56.5 Å². The van der Waals surface area contributed by atoms with E-state index in [0.29, 0.717) is 34.9 Å². The Hall–Kier alpha value is -4.79. The van der Waals surface area contributed by atoms with Gasteiger partial charge in [-0.1, -0.05) is 133 Å². The van der Waals surface area contributed by atoms with Crippen LogP contribution in [-0.2, 0) is 21.1 Å². The van der Waals surface area contributed by atoms with E-state index in [1.807, 2.05) is 36.4 Å². The molecular formula is C48H48N3OPt-. The maximum Gasteiger partial charge on any atom is 0.124 e. The maximum atomic E-state index is 11.1. The molecule has 2 aromatic heterocycles. The molecule has 5 heteroatoms. The third kappa shape index (κ3) is 7.53. The molecule has 0 aliphatic carbocycles. The number of pyridine rings is 1. The number of nitrogens with zero attached hydrogens (tertiary/aromatic N) is 3. The van der Waals surface area contributed by atoms with Crippen molar-refractivity contribution < 1.29 is 26.2 Å². The molecule has 2 heterocycles. The number of phenols is 1. The summed E-state index contributed by atoms with van der Waals surface area (Å²) in [5.74, 6) is 2.54. The topological polar surface area (TPSA) is 50.9 Å². The molecule has 0 amide bonds. The molecule has 0 radical (unpaired) electrons. The second-order valence-electron chi connectivity index (χ2n) is 15.2. The normalized spacial score (nSPS) is 11.6. The van der Waals surface area contributed by atoms with Gasteiger partial charge in [-0.2, -0.15) is 0 Å². The molecule has 0 unspecified atom stereocenters. The third-order valence-electron chi connectivity index (χ3n) is 10.1. The molecule has 0 aliphatic heterocycles. The van der Waals surface area contributed by atoms with Gasteiger partial charge in [-0.15, -0.1) is 24.3 Å². The van der Waals surface area contributed by atoms with Crippen LogP contribution in [0.3, 0.4) is 0 Å². The van der Waals surface area contributed by atoms with Gasteiger partial charge in [0.05, 0.1) is 22.6 Å². The van der Waals surface area contributed by atoms with E-state index >= 15 is 0 Å². The number of para-hydroxylation sites is 3. The van der Waals surface area contributed by atoms with Crippen molar-refractivity contribution in [2.75, 3.05) is 0 Å². The van der Waals surface area contributed by atoms with Crippen molar-refractivity contribution in [3.05, 3.63) is 144 Å². The molecule has 5 aromatic carbocycles. The van der Waals surface area contributed by atoms with Crippen LogP contribution in [0.2, 0.25) is 0 Å². The zero-order valence-corrected chi connectivity index (χ0v) is 34.2. The van der Waals surface area contributed by atoms with E-state index in [4.69, 9.17) is 9.97 Å². The first kappa shape index (κ1) is 37.9. The third-order valence-corrected chi connectivity index (χ3v) is 10.1. The smallest absolute Gasteiger partial charge is 0.124 e. The molecule has 7 rings (SSSR count). The van der Waals surface area contributed by atoms with E-state index in [-0.39, 0.29) is 26.8 Å². The molecule has 0 atom stereocenters. The maximum absolute atomic E-state index is 11.1. The molecule has 272 valence electrons. The summed E-state index contributed by atoms with van der Waals surface area (Å²) in [4.78, 5) is 10.3. The Balaban J connectivity index is 0.00000481. The van der Waals surface area contributed by atoms with Gasteiger partial charge >= 0.3 is 0 Å². The Kier molecular flexibility index (Phi) is 11.2. The van der Waals surface area contributed by atoms with Crippen molar-refractivity contribution in [1.29, 1.82) is 0 Å². The van der Waals surface area contributed by atoms with E-state index in [9.17, 15) is 5.11 Å². The second-order valence-corrected chi connectivity index (χ2v) is 15.2. The van der Waals surface area contributed by atoms with Gasteiger partial charge in [-0.3, -0.25) is 9.97 Å². The van der Waals surface area contributed by atoms with Gasteiger partial charge in [0.15, 0.2) is 0 Å². The Morgan fingerprint density at radius 2 is 1.15 bits per heavy atom. The average Bonchev–Trinajstić information content (AvgIpc) is 3.54. The molecule has 1 N–H and O–H groups in total. The van der Waals surface area contributed by atoms with E-state index in [1.54, 1.807) is 6.07 Å². The minimum Gasteiger partial charge on any atom is -0.507 e. The van der Waals surface area contributed by atoms with Crippen molar-refractivity contribution in [3.63, 3.8) is 0 Å². The van der Waals surface area contributed by atoms with Crippen molar-refractivity contribution in [2.45, 2.75) is 79.1 Å². The fourth-order valence-corrected chi connectivity index (χ4v) is 7.12. The predicted octanol–water partition coefficient (Wildman–Crippen LogP) is 13.1. The van der Waals surface area contributed by atoms with Crippen LogP contribution in [0.15, 0.2) is 115 Å². The Labute approximate surface area is 329 Å². The number of benzene rings is 5. The molecule has 53 heavy (non-hydrogen) atoms. The molecule has 7 aromatic rings. The molecular weight excluding hydrogens is 830 g/mol. The minimum absolute atomic E-state index is 0. The first-order valence-corrected chi connectivity index (χ1v) is 18.6. The molecule has 0 bridgehead atoms. The van der Waals surface area contributed by atoms with Gasteiger partial charge < -0.3 is 9.67 Å². The van der Waals surface area contributed by atoms with Crippen LogP contribution in [0.4, 0.5) is 0 Å². The van der Waals surface area contributed by atoms with Crippen molar-refractivity contribution in [1.82, 2.24) is 14.5 Å². The number of aromatic nitrogens is 3. The molecule has 4 nitrogen and oxygen atoms in total. The standard InChI is InChI=1S/C48H48N3O.Pt/c1-29(2)36-25-37(30(3)4)27-38(26-36)33-22-23-46(52)41(28-33)43-20-13-19-42(49-43)34-14-11-15-35(24-34)48-50-44-18-9-10-21-45(44)51(48)47-39(31(5)6)16-12-17-40(47)32(7)8;/h9-23,25-32,52H,1-8H3;/q-1;. The van der Waals surface area contributed by atoms with Crippen LogP contribution >= 0.6 is 0 Å². The van der Waals surface area contributed by atoms with E-state index in [0.717, 1.165) is 44.8 Å². The molecule has 0 saturated carbocycles. The summed E-state index contributed by atoms with van der Waals surface area (Å²) in [5.41, 5.74) is 14.6. The molecule has 0 fully saturated rings. The van der Waals surface area contributed by atoms with E-state index in [1.165, 1.54) is 27.9 Å². The fourth-order valence-electron chi connectivity index (χ4n) is 7.12. The summed E-state index contributed by atoms with van der Waals surface area (Å²) < 4.78 is 2.34. The van der Waals surface area contributed by atoms with Gasteiger partial charge in [0, 0.05) is 38.0 Å². The second kappa shape index (κ2) is 15.7. The van der Waals surface area contributed by atoms with Crippen LogP contribution in [-0.4, -0.2) is 19.6 Å². The monoisotopic (exact) mass is 877 g/mol. The summed E-state index contributed by atoms with van der Waals surface area (Å²) in [6.07, 6.45) is 0. The largest absolute Gasteiger partial charge is 0.507 e. The number of fused-ring (bicyclic) bond motifs is 1. The van der Waals surface area contributed by atoms with Crippen LogP contribution in [0.1, 0.15) is 101 Å². The summed E-state index contributed by atoms with van der Waals surface area (Å²) in [7, 11) is 0. The zero-order valence-electron chi connectivity index (χ0n) is 31.9. The molecule has 0 saturated heterocycles. The Morgan fingerprint density at radius 1 is 0.547 bits per heavy atom. The van der Waals surface area contributed by atoms with Crippen LogP contribution in [0.5, 0.6) is 5.75 Å². The van der Waals surface area contributed by atoms with Crippen molar-refractivity contribution in [2.24, 2.45) is 0 Å². The van der Waals surface area contributed by atoms with Crippen LogP contribution in [0.25, 0.3) is 61.8 Å². The number of imidazole rings is 1. The number of rotatable bonds is 9.